The molecule has 2 aromatic rings. The van der Waals surface area contributed by atoms with Gasteiger partial charge in [0.05, 0.1) is 17.5 Å². The third kappa shape index (κ3) is 6.75. The number of amides is 1. The van der Waals surface area contributed by atoms with Crippen LogP contribution in [0.1, 0.15) is 22.3 Å². The molecule has 0 unspecified atom stereocenters. The summed E-state index contributed by atoms with van der Waals surface area (Å²) in [6.07, 6.45) is -11.1. The molecule has 0 saturated heterocycles. The molecule has 0 radical (unpaired) electrons. The van der Waals surface area contributed by atoms with Gasteiger partial charge in [0, 0.05) is 10.9 Å². The van der Waals surface area contributed by atoms with Crippen LogP contribution in [0.3, 0.4) is 0 Å². The van der Waals surface area contributed by atoms with Crippen molar-refractivity contribution < 1.29 is 41.0 Å². The maximum absolute atomic E-state index is 12.9. The molecule has 2 aromatic carbocycles. The molecule has 4 nitrogen and oxygen atoms in total. The average molecular weight is 498 g/mol. The number of carbonyl (C=O) groups excluding carboxylic acids is 1. The van der Waals surface area contributed by atoms with E-state index in [1.807, 2.05) is 0 Å². The second kappa shape index (κ2) is 9.07. The highest BCUT2D eigenvalue weighted by atomic mass is 79.9. The SMILES string of the molecule is O=C(Cc1cc(C(F)(F)F)cc(C(F)(F)F)c1)N[C@H](Cc1cccc(Br)c1)C(=O)O. The molecule has 1 amide bonds. The van der Waals surface area contributed by atoms with Gasteiger partial charge in [0.15, 0.2) is 0 Å². The Morgan fingerprint density at radius 3 is 1.97 bits per heavy atom. The lowest BCUT2D eigenvalue weighted by molar-refractivity contribution is -0.143. The van der Waals surface area contributed by atoms with E-state index >= 15 is 0 Å². The van der Waals surface area contributed by atoms with E-state index in [4.69, 9.17) is 0 Å². The Kier molecular flexibility index (Phi) is 7.17. The summed E-state index contributed by atoms with van der Waals surface area (Å²) >= 11 is 3.21. The molecule has 2 N–H and O–H groups in total. The zero-order chi connectivity index (χ0) is 22.7. The van der Waals surface area contributed by atoms with Crippen molar-refractivity contribution in [2.45, 2.75) is 31.2 Å². The fraction of sp³-hybridized carbons (Fsp3) is 0.263. The van der Waals surface area contributed by atoms with Gasteiger partial charge in [-0.25, -0.2) is 4.79 Å². The minimum Gasteiger partial charge on any atom is -0.480 e. The largest absolute Gasteiger partial charge is 0.480 e. The highest BCUT2D eigenvalue weighted by molar-refractivity contribution is 9.10. The monoisotopic (exact) mass is 497 g/mol. The Morgan fingerprint density at radius 2 is 1.50 bits per heavy atom. The Balaban J connectivity index is 2.21. The van der Waals surface area contributed by atoms with Crippen molar-refractivity contribution in [2.24, 2.45) is 0 Å². The van der Waals surface area contributed by atoms with Crippen LogP contribution in [0.5, 0.6) is 0 Å². The minimum absolute atomic E-state index is 0.0469. The fourth-order valence-electron chi connectivity index (χ4n) is 2.65. The van der Waals surface area contributed by atoms with Gasteiger partial charge >= 0.3 is 18.3 Å². The van der Waals surface area contributed by atoms with Gasteiger partial charge in [0.25, 0.3) is 0 Å². The van der Waals surface area contributed by atoms with Gasteiger partial charge in [-0.15, -0.1) is 0 Å². The van der Waals surface area contributed by atoms with Crippen molar-refractivity contribution in [3.8, 4) is 0 Å². The summed E-state index contributed by atoms with van der Waals surface area (Å²) < 4.78 is 78.2. The Labute approximate surface area is 175 Å². The van der Waals surface area contributed by atoms with Crippen LogP contribution >= 0.6 is 15.9 Å². The number of halogens is 7. The molecular formula is C19H14BrF6NO3. The van der Waals surface area contributed by atoms with Crippen molar-refractivity contribution >= 4 is 27.8 Å². The number of benzene rings is 2. The number of aliphatic carboxylic acids is 1. The second-order valence-corrected chi connectivity index (χ2v) is 7.30. The van der Waals surface area contributed by atoms with E-state index < -0.39 is 53.4 Å². The highest BCUT2D eigenvalue weighted by Crippen LogP contribution is 2.36. The average Bonchev–Trinajstić information content (AvgIpc) is 2.59. The molecule has 162 valence electrons. The lowest BCUT2D eigenvalue weighted by Crippen LogP contribution is -2.43. The predicted molar refractivity (Wildman–Crippen MR) is 97.6 cm³/mol. The van der Waals surface area contributed by atoms with Crippen LogP contribution in [-0.2, 0) is 34.8 Å². The van der Waals surface area contributed by atoms with Crippen LogP contribution < -0.4 is 5.32 Å². The Bertz CT molecular complexity index is 910. The molecule has 0 aliphatic heterocycles. The van der Waals surface area contributed by atoms with Crippen LogP contribution in [-0.4, -0.2) is 23.0 Å². The first-order valence-corrected chi connectivity index (χ1v) is 9.10. The van der Waals surface area contributed by atoms with Gasteiger partial charge in [-0.1, -0.05) is 28.1 Å². The first-order valence-electron chi connectivity index (χ1n) is 8.30. The van der Waals surface area contributed by atoms with E-state index in [0.29, 0.717) is 22.2 Å². The predicted octanol–water partition coefficient (Wildman–Crippen LogP) is 4.84. The lowest BCUT2D eigenvalue weighted by atomic mass is 10.0. The number of carboxylic acid groups (broad SMARTS) is 1. The molecule has 0 spiro atoms. The molecule has 11 heteroatoms. The Hall–Kier alpha value is -2.56. The normalized spacial score (nSPS) is 13.0. The summed E-state index contributed by atoms with van der Waals surface area (Å²) in [5.41, 5.74) is -3.09. The van der Waals surface area contributed by atoms with Crippen molar-refractivity contribution in [1.29, 1.82) is 0 Å². The molecule has 0 saturated carbocycles. The van der Waals surface area contributed by atoms with Crippen molar-refractivity contribution in [3.05, 3.63) is 69.2 Å². The first-order chi connectivity index (χ1) is 13.8. The number of hydrogen-bond acceptors (Lipinski definition) is 2. The summed E-state index contributed by atoms with van der Waals surface area (Å²) in [7, 11) is 0. The van der Waals surface area contributed by atoms with Gasteiger partial charge in [0.1, 0.15) is 6.04 Å². The second-order valence-electron chi connectivity index (χ2n) is 6.38. The van der Waals surface area contributed by atoms with Crippen molar-refractivity contribution in [1.82, 2.24) is 5.32 Å². The van der Waals surface area contributed by atoms with Crippen molar-refractivity contribution in [3.63, 3.8) is 0 Å². The highest BCUT2D eigenvalue weighted by Gasteiger charge is 2.37. The van der Waals surface area contributed by atoms with Crippen LogP contribution in [0.25, 0.3) is 0 Å². The number of carbonyl (C=O) groups is 2. The zero-order valence-corrected chi connectivity index (χ0v) is 16.5. The molecule has 0 bridgehead atoms. The van der Waals surface area contributed by atoms with Crippen LogP contribution in [0.15, 0.2) is 46.9 Å². The van der Waals surface area contributed by atoms with E-state index in [0.717, 1.165) is 0 Å². The van der Waals surface area contributed by atoms with E-state index in [1.54, 1.807) is 24.3 Å². The molecule has 0 fully saturated rings. The summed E-state index contributed by atoms with van der Waals surface area (Å²) in [6, 6.07) is 5.96. The molecular weight excluding hydrogens is 484 g/mol. The third-order valence-electron chi connectivity index (χ3n) is 3.97. The maximum Gasteiger partial charge on any atom is 0.416 e. The Morgan fingerprint density at radius 1 is 0.933 bits per heavy atom. The lowest BCUT2D eigenvalue weighted by Gasteiger charge is -2.17. The van der Waals surface area contributed by atoms with Gasteiger partial charge in [-0.05, 0) is 41.5 Å². The zero-order valence-electron chi connectivity index (χ0n) is 14.9. The number of rotatable bonds is 6. The van der Waals surface area contributed by atoms with Gasteiger partial charge in [-0.2, -0.15) is 26.3 Å². The topological polar surface area (TPSA) is 66.4 Å². The van der Waals surface area contributed by atoms with Crippen LogP contribution in [0.4, 0.5) is 26.3 Å². The van der Waals surface area contributed by atoms with Crippen LogP contribution in [0.2, 0.25) is 0 Å². The summed E-state index contributed by atoms with van der Waals surface area (Å²) in [5.74, 6) is -2.42. The molecule has 0 heterocycles. The van der Waals surface area contributed by atoms with E-state index in [9.17, 15) is 41.0 Å². The molecule has 30 heavy (non-hydrogen) atoms. The van der Waals surface area contributed by atoms with E-state index in [1.165, 1.54) is 0 Å². The third-order valence-corrected chi connectivity index (χ3v) is 4.47. The summed E-state index contributed by atoms with van der Waals surface area (Å²) in [5, 5.41) is 11.4. The van der Waals surface area contributed by atoms with Gasteiger partial charge < -0.3 is 10.4 Å². The molecule has 0 aliphatic rings. The fourth-order valence-corrected chi connectivity index (χ4v) is 3.10. The molecule has 0 aliphatic carbocycles. The smallest absolute Gasteiger partial charge is 0.416 e. The van der Waals surface area contributed by atoms with Crippen molar-refractivity contribution in [2.75, 3.05) is 0 Å². The summed E-state index contributed by atoms with van der Waals surface area (Å²) in [4.78, 5) is 23.6. The number of hydrogen-bond donors (Lipinski definition) is 2. The first kappa shape index (κ1) is 23.7. The van der Waals surface area contributed by atoms with Crippen LogP contribution in [0, 0.1) is 0 Å². The quantitative estimate of drug-likeness (QED) is 0.561. The molecule has 0 aromatic heterocycles. The maximum atomic E-state index is 12.9. The standard InChI is InChI=1S/C19H14BrF6NO3/c20-14-3-1-2-10(6-14)7-15(17(29)30)27-16(28)8-11-4-12(18(21,22)23)9-13(5-11)19(24,25)26/h1-6,9,15H,7-8H2,(H,27,28)(H,29,30)/t15-/m1/s1. The minimum atomic E-state index is -5.04. The summed E-state index contributed by atoms with van der Waals surface area (Å²) in [6.45, 7) is 0. The number of nitrogens with one attached hydrogen (secondary N) is 1. The van der Waals surface area contributed by atoms with Gasteiger partial charge in [-0.3, -0.25) is 4.79 Å². The number of alkyl halides is 6. The van der Waals surface area contributed by atoms with E-state index in [2.05, 4.69) is 21.2 Å². The molecule has 1 atom stereocenters. The number of carboxylic acids is 1. The van der Waals surface area contributed by atoms with E-state index in [-0.39, 0.29) is 12.5 Å². The molecule has 2 rings (SSSR count). The van der Waals surface area contributed by atoms with Gasteiger partial charge in [0.2, 0.25) is 5.91 Å².